The van der Waals surface area contributed by atoms with Gasteiger partial charge in [-0.2, -0.15) is 0 Å². The van der Waals surface area contributed by atoms with Gasteiger partial charge in [0.2, 0.25) is 0 Å². The van der Waals surface area contributed by atoms with E-state index in [0.717, 1.165) is 11.0 Å². The first-order valence-corrected chi connectivity index (χ1v) is 17.3. The Hall–Kier alpha value is -5.83. The second-order valence-electron chi connectivity index (χ2n) is 12.7. The van der Waals surface area contributed by atoms with E-state index in [9.17, 15) is 0 Å². The van der Waals surface area contributed by atoms with Gasteiger partial charge in [-0.25, -0.2) is 4.98 Å². The number of fused-ring (bicyclic) bond motifs is 7. The van der Waals surface area contributed by atoms with Gasteiger partial charge in [-0.15, -0.1) is 11.3 Å². The lowest BCUT2D eigenvalue weighted by atomic mass is 9.67. The molecule has 9 aromatic rings. The van der Waals surface area contributed by atoms with Crippen LogP contribution in [0.15, 0.2) is 176 Å². The van der Waals surface area contributed by atoms with Crippen molar-refractivity contribution in [3.8, 4) is 33.4 Å². The molecule has 10 rings (SSSR count). The molecule has 0 atom stereocenters. The van der Waals surface area contributed by atoms with Gasteiger partial charge in [-0.05, 0) is 86.0 Å². The fraction of sp³-hybridized carbons (Fsp3) is 0.0217. The van der Waals surface area contributed by atoms with Gasteiger partial charge in [-0.1, -0.05) is 146 Å². The first kappa shape index (κ1) is 27.3. The van der Waals surface area contributed by atoms with Gasteiger partial charge >= 0.3 is 0 Å². The van der Waals surface area contributed by atoms with E-state index in [1.54, 1.807) is 0 Å². The van der Waals surface area contributed by atoms with Crippen LogP contribution in [-0.4, -0.2) is 4.98 Å². The second kappa shape index (κ2) is 10.6. The number of benzene rings is 7. The van der Waals surface area contributed by atoms with Crippen LogP contribution in [0.3, 0.4) is 0 Å². The molecular weight excluding hydrogens is 599 g/mol. The maximum atomic E-state index is 5.06. The van der Waals surface area contributed by atoms with Crippen molar-refractivity contribution >= 4 is 42.5 Å². The fourth-order valence-corrected chi connectivity index (χ4v) is 9.05. The standard InChI is InChI=1S/C46H29NS/c1-3-11-35(12-4-1)46(36-13-5-2-6-14-36)40-17-9-7-15-37(40)38-25-23-33(28-41(38)46)31-21-19-30(20-22-31)32-24-26-42-34(27-32)29-44-45(47-42)39-16-8-10-18-43(39)48-44/h1-29H. The van der Waals surface area contributed by atoms with Gasteiger partial charge in [0.1, 0.15) is 0 Å². The number of rotatable bonds is 4. The van der Waals surface area contributed by atoms with Crippen molar-refractivity contribution in [3.05, 3.63) is 198 Å². The summed E-state index contributed by atoms with van der Waals surface area (Å²) in [5.41, 5.74) is 14.4. The van der Waals surface area contributed by atoms with Gasteiger partial charge in [0.25, 0.3) is 0 Å². The summed E-state index contributed by atoms with van der Waals surface area (Å²) in [5.74, 6) is 0. The van der Waals surface area contributed by atoms with Crippen molar-refractivity contribution in [1.82, 2.24) is 4.98 Å². The molecule has 2 heterocycles. The summed E-state index contributed by atoms with van der Waals surface area (Å²) < 4.78 is 2.52. The monoisotopic (exact) mass is 627 g/mol. The quantitative estimate of drug-likeness (QED) is 0.189. The number of hydrogen-bond acceptors (Lipinski definition) is 2. The van der Waals surface area contributed by atoms with Crippen molar-refractivity contribution in [2.24, 2.45) is 0 Å². The molecule has 1 aliphatic carbocycles. The molecule has 1 nitrogen and oxygen atoms in total. The number of aromatic nitrogens is 1. The predicted octanol–water partition coefficient (Wildman–Crippen LogP) is 12.3. The van der Waals surface area contributed by atoms with Crippen LogP contribution < -0.4 is 0 Å². The van der Waals surface area contributed by atoms with Crippen LogP contribution in [-0.2, 0) is 5.41 Å². The SMILES string of the molecule is c1ccc(C2(c3ccccc3)c3ccccc3-c3ccc(-c4ccc(-c5ccc6nc7c(cc6c5)sc5ccccc57)cc4)cc32)cc1. The molecule has 0 fully saturated rings. The third-order valence-electron chi connectivity index (χ3n) is 10.2. The van der Waals surface area contributed by atoms with E-state index in [4.69, 9.17) is 4.98 Å². The average molecular weight is 628 g/mol. The number of nitrogens with zero attached hydrogens (tertiary/aromatic N) is 1. The highest BCUT2D eigenvalue weighted by Crippen LogP contribution is 2.56. The van der Waals surface area contributed by atoms with E-state index in [1.165, 1.54) is 75.8 Å². The zero-order chi connectivity index (χ0) is 31.7. The minimum absolute atomic E-state index is 0.399. The van der Waals surface area contributed by atoms with E-state index >= 15 is 0 Å². The molecule has 1 aliphatic rings. The Morgan fingerprint density at radius 1 is 0.417 bits per heavy atom. The number of pyridine rings is 1. The van der Waals surface area contributed by atoms with E-state index in [0.29, 0.717) is 0 Å². The highest BCUT2D eigenvalue weighted by atomic mass is 32.1. The third kappa shape index (κ3) is 4.00. The Labute approximate surface area is 283 Å². The van der Waals surface area contributed by atoms with E-state index < -0.39 is 5.41 Å². The Bertz CT molecular complexity index is 2610. The molecule has 7 aromatic carbocycles. The van der Waals surface area contributed by atoms with Gasteiger partial charge in [0.15, 0.2) is 0 Å². The Kier molecular flexibility index (Phi) is 6.03. The molecule has 0 saturated heterocycles. The van der Waals surface area contributed by atoms with Crippen molar-refractivity contribution in [2.45, 2.75) is 5.41 Å². The molecule has 0 saturated carbocycles. The molecule has 2 heteroatoms. The molecule has 0 unspecified atom stereocenters. The summed E-state index contributed by atoms with van der Waals surface area (Å²) in [5, 5.41) is 2.41. The highest BCUT2D eigenvalue weighted by Gasteiger charge is 2.46. The maximum Gasteiger partial charge on any atom is 0.0896 e. The molecule has 224 valence electrons. The Morgan fingerprint density at radius 3 is 1.75 bits per heavy atom. The summed E-state index contributed by atoms with van der Waals surface area (Å²) in [6.07, 6.45) is 0. The summed E-state index contributed by atoms with van der Waals surface area (Å²) in [4.78, 5) is 5.06. The van der Waals surface area contributed by atoms with Crippen LogP contribution in [0.5, 0.6) is 0 Å². The van der Waals surface area contributed by atoms with Crippen molar-refractivity contribution in [2.75, 3.05) is 0 Å². The molecular formula is C46H29NS. The third-order valence-corrected chi connectivity index (χ3v) is 11.3. The molecule has 0 spiro atoms. The minimum Gasteiger partial charge on any atom is -0.246 e. The Morgan fingerprint density at radius 2 is 1.00 bits per heavy atom. The molecule has 2 aromatic heterocycles. The first-order chi connectivity index (χ1) is 23.8. The molecule has 0 radical (unpaired) electrons. The lowest BCUT2D eigenvalue weighted by Gasteiger charge is -2.34. The highest BCUT2D eigenvalue weighted by molar-refractivity contribution is 7.25. The summed E-state index contributed by atoms with van der Waals surface area (Å²) in [7, 11) is 0. The van der Waals surface area contributed by atoms with Crippen LogP contribution >= 0.6 is 11.3 Å². The van der Waals surface area contributed by atoms with Crippen molar-refractivity contribution in [3.63, 3.8) is 0 Å². The fourth-order valence-electron chi connectivity index (χ4n) is 7.96. The van der Waals surface area contributed by atoms with Gasteiger partial charge in [0.05, 0.1) is 21.1 Å². The van der Waals surface area contributed by atoms with E-state index in [1.807, 2.05) is 11.3 Å². The normalized spacial score (nSPS) is 13.2. The van der Waals surface area contributed by atoms with Gasteiger partial charge in [0, 0.05) is 15.5 Å². The number of hydrogen-bond donors (Lipinski definition) is 0. The topological polar surface area (TPSA) is 12.9 Å². The van der Waals surface area contributed by atoms with E-state index in [2.05, 4.69) is 176 Å². The first-order valence-electron chi connectivity index (χ1n) is 16.5. The van der Waals surface area contributed by atoms with Crippen LogP contribution in [0.2, 0.25) is 0 Å². The predicted molar refractivity (Wildman–Crippen MR) is 203 cm³/mol. The number of thiophene rings is 1. The Balaban J connectivity index is 1.08. The zero-order valence-corrected chi connectivity index (χ0v) is 26.9. The van der Waals surface area contributed by atoms with Crippen LogP contribution in [0.4, 0.5) is 0 Å². The zero-order valence-electron chi connectivity index (χ0n) is 26.1. The largest absolute Gasteiger partial charge is 0.246 e. The van der Waals surface area contributed by atoms with Gasteiger partial charge < -0.3 is 0 Å². The second-order valence-corrected chi connectivity index (χ2v) is 13.8. The summed E-state index contributed by atoms with van der Waals surface area (Å²) in [6.45, 7) is 0. The lowest BCUT2D eigenvalue weighted by Crippen LogP contribution is -2.28. The minimum atomic E-state index is -0.399. The molecule has 0 bridgehead atoms. The average Bonchev–Trinajstić information content (AvgIpc) is 3.67. The summed E-state index contributed by atoms with van der Waals surface area (Å²) in [6, 6.07) is 64.5. The van der Waals surface area contributed by atoms with Gasteiger partial charge in [-0.3, -0.25) is 0 Å². The van der Waals surface area contributed by atoms with Crippen molar-refractivity contribution < 1.29 is 0 Å². The van der Waals surface area contributed by atoms with Crippen LogP contribution in [0.1, 0.15) is 22.3 Å². The maximum absolute atomic E-state index is 5.06. The summed E-state index contributed by atoms with van der Waals surface area (Å²) >= 11 is 1.82. The molecule has 48 heavy (non-hydrogen) atoms. The molecule has 0 amide bonds. The smallest absolute Gasteiger partial charge is 0.0896 e. The van der Waals surface area contributed by atoms with Crippen LogP contribution in [0.25, 0.3) is 64.6 Å². The molecule has 0 aliphatic heterocycles. The lowest BCUT2D eigenvalue weighted by molar-refractivity contribution is 0.769. The van der Waals surface area contributed by atoms with E-state index in [-0.39, 0.29) is 0 Å². The van der Waals surface area contributed by atoms with Crippen LogP contribution in [0, 0.1) is 0 Å². The van der Waals surface area contributed by atoms with Crippen molar-refractivity contribution in [1.29, 1.82) is 0 Å². The molecule has 0 N–H and O–H groups in total.